The third-order valence-electron chi connectivity index (χ3n) is 2.89. The van der Waals surface area contributed by atoms with Crippen LogP contribution in [0.4, 0.5) is 0 Å². The maximum absolute atomic E-state index is 10.4. The minimum Gasteiger partial charge on any atom is -0.383 e. The molecule has 18 heavy (non-hydrogen) atoms. The second kappa shape index (κ2) is 5.12. The number of rotatable bonds is 4. The Morgan fingerprint density at radius 2 is 2.22 bits per heavy atom. The monoisotopic (exact) mass is 268 g/mol. The largest absolute Gasteiger partial charge is 0.383 e. The fourth-order valence-corrected chi connectivity index (χ4v) is 2.27. The van der Waals surface area contributed by atoms with Crippen molar-refractivity contribution in [1.82, 2.24) is 19.6 Å². The van der Waals surface area contributed by atoms with Gasteiger partial charge in [-0.3, -0.25) is 9.36 Å². The van der Waals surface area contributed by atoms with Crippen molar-refractivity contribution in [2.45, 2.75) is 32.9 Å². The first-order chi connectivity index (χ1) is 8.54. The van der Waals surface area contributed by atoms with Gasteiger partial charge in [0.05, 0.1) is 11.9 Å². The predicted molar refractivity (Wildman–Crippen MR) is 69.5 cm³/mol. The van der Waals surface area contributed by atoms with Crippen molar-refractivity contribution in [3.05, 3.63) is 34.4 Å². The molecular formula is C12H17ClN4O. The second-order valence-corrected chi connectivity index (χ2v) is 4.71. The average molecular weight is 269 g/mol. The zero-order valence-electron chi connectivity index (χ0n) is 10.8. The maximum atomic E-state index is 10.4. The van der Waals surface area contributed by atoms with Gasteiger partial charge in [-0.25, -0.2) is 0 Å². The van der Waals surface area contributed by atoms with E-state index in [-0.39, 0.29) is 0 Å². The van der Waals surface area contributed by atoms with Crippen LogP contribution in [0, 0.1) is 6.92 Å². The van der Waals surface area contributed by atoms with Crippen LogP contribution in [-0.2, 0) is 13.6 Å². The predicted octanol–water partition coefficient (Wildman–Crippen LogP) is 2.07. The number of aromatic nitrogens is 4. The van der Waals surface area contributed by atoms with Crippen LogP contribution in [0.15, 0.2) is 12.4 Å². The first kappa shape index (κ1) is 13.1. The van der Waals surface area contributed by atoms with Gasteiger partial charge < -0.3 is 5.11 Å². The van der Waals surface area contributed by atoms with Crippen molar-refractivity contribution in [3.8, 4) is 0 Å². The summed E-state index contributed by atoms with van der Waals surface area (Å²) in [6.07, 6.45) is 3.74. The number of hydrogen-bond acceptors (Lipinski definition) is 3. The van der Waals surface area contributed by atoms with E-state index in [9.17, 15) is 5.11 Å². The second-order valence-electron chi connectivity index (χ2n) is 4.35. The van der Waals surface area contributed by atoms with E-state index < -0.39 is 6.10 Å². The average Bonchev–Trinajstić information content (AvgIpc) is 2.86. The molecule has 0 amide bonds. The summed E-state index contributed by atoms with van der Waals surface area (Å²) >= 11 is 6.14. The summed E-state index contributed by atoms with van der Waals surface area (Å²) < 4.78 is 3.38. The lowest BCUT2D eigenvalue weighted by Crippen LogP contribution is -2.01. The van der Waals surface area contributed by atoms with Gasteiger partial charge in [-0.05, 0) is 13.3 Å². The number of hydrogen-bond donors (Lipinski definition) is 1. The van der Waals surface area contributed by atoms with Crippen LogP contribution in [0.3, 0.4) is 0 Å². The minimum atomic E-state index is -0.781. The molecule has 0 aliphatic heterocycles. The number of halogens is 1. The van der Waals surface area contributed by atoms with Crippen molar-refractivity contribution in [3.63, 3.8) is 0 Å². The molecule has 1 N–H and O–H groups in total. The fourth-order valence-electron chi connectivity index (χ4n) is 2.00. The summed E-state index contributed by atoms with van der Waals surface area (Å²) in [5.74, 6) is 0. The summed E-state index contributed by atoms with van der Waals surface area (Å²) in [5, 5.41) is 19.2. The lowest BCUT2D eigenvalue weighted by molar-refractivity contribution is 0.219. The highest BCUT2D eigenvalue weighted by Gasteiger charge is 2.22. The molecule has 6 heteroatoms. The van der Waals surface area contributed by atoms with Gasteiger partial charge in [0.2, 0.25) is 0 Å². The van der Waals surface area contributed by atoms with Crippen LogP contribution in [0.1, 0.15) is 36.3 Å². The Balaban J connectivity index is 2.32. The van der Waals surface area contributed by atoms with Gasteiger partial charge >= 0.3 is 0 Å². The molecule has 0 saturated heterocycles. The Bertz CT molecular complexity index is 546. The number of aryl methyl sites for hydroxylation is 3. The molecule has 2 aromatic heterocycles. The molecule has 0 spiro atoms. The Morgan fingerprint density at radius 3 is 2.78 bits per heavy atom. The van der Waals surface area contributed by atoms with Crippen LogP contribution in [-0.4, -0.2) is 24.7 Å². The van der Waals surface area contributed by atoms with Gasteiger partial charge in [0.1, 0.15) is 11.3 Å². The molecule has 2 heterocycles. The fraction of sp³-hybridized carbons (Fsp3) is 0.500. The molecule has 2 aromatic rings. The highest BCUT2D eigenvalue weighted by Crippen LogP contribution is 2.30. The first-order valence-corrected chi connectivity index (χ1v) is 6.31. The van der Waals surface area contributed by atoms with Gasteiger partial charge in [0, 0.05) is 30.9 Å². The van der Waals surface area contributed by atoms with Crippen LogP contribution in [0.2, 0.25) is 5.15 Å². The van der Waals surface area contributed by atoms with Crippen LogP contribution in [0.5, 0.6) is 0 Å². The van der Waals surface area contributed by atoms with E-state index in [2.05, 4.69) is 17.1 Å². The summed E-state index contributed by atoms with van der Waals surface area (Å²) in [7, 11) is 1.76. The zero-order chi connectivity index (χ0) is 13.3. The highest BCUT2D eigenvalue weighted by atomic mass is 35.5. The van der Waals surface area contributed by atoms with E-state index in [1.54, 1.807) is 17.9 Å². The molecule has 0 aliphatic rings. The van der Waals surface area contributed by atoms with E-state index in [0.29, 0.717) is 10.7 Å². The lowest BCUT2D eigenvalue weighted by Gasteiger charge is -2.08. The number of aliphatic hydroxyl groups excluding tert-OH is 1. The number of nitrogens with zero attached hydrogens (tertiary/aromatic N) is 4. The van der Waals surface area contributed by atoms with Crippen molar-refractivity contribution in [2.24, 2.45) is 7.05 Å². The molecule has 0 bridgehead atoms. The molecule has 0 fully saturated rings. The molecule has 0 aromatic carbocycles. The van der Waals surface area contributed by atoms with Crippen molar-refractivity contribution in [1.29, 1.82) is 0 Å². The van der Waals surface area contributed by atoms with Crippen LogP contribution >= 0.6 is 11.6 Å². The van der Waals surface area contributed by atoms with E-state index in [4.69, 9.17) is 11.6 Å². The lowest BCUT2D eigenvalue weighted by atomic mass is 10.1. The number of aliphatic hydroxyl groups is 1. The van der Waals surface area contributed by atoms with Crippen molar-refractivity contribution < 1.29 is 5.11 Å². The zero-order valence-corrected chi connectivity index (χ0v) is 11.5. The Labute approximate surface area is 111 Å². The smallest absolute Gasteiger partial charge is 0.133 e. The Hall–Kier alpha value is -1.33. The molecule has 1 unspecified atom stereocenters. The van der Waals surface area contributed by atoms with Crippen molar-refractivity contribution >= 4 is 11.6 Å². The Morgan fingerprint density at radius 1 is 1.50 bits per heavy atom. The molecule has 5 nitrogen and oxygen atoms in total. The standard InChI is InChI=1S/C12H17ClN4O/c1-4-5-17-7-9(6-14-17)11(18)10-8(2)15-16(3)12(10)13/h6-7,11,18H,4-5H2,1-3H3. The van der Waals surface area contributed by atoms with E-state index >= 15 is 0 Å². The van der Waals surface area contributed by atoms with Crippen molar-refractivity contribution in [2.75, 3.05) is 0 Å². The molecule has 2 rings (SSSR count). The van der Waals surface area contributed by atoms with Gasteiger partial charge in [-0.2, -0.15) is 10.2 Å². The molecule has 0 radical (unpaired) electrons. The molecule has 98 valence electrons. The summed E-state index contributed by atoms with van der Waals surface area (Å²) in [4.78, 5) is 0. The summed E-state index contributed by atoms with van der Waals surface area (Å²) in [6.45, 7) is 4.76. The van der Waals surface area contributed by atoms with Crippen LogP contribution < -0.4 is 0 Å². The van der Waals surface area contributed by atoms with Gasteiger partial charge in [0.15, 0.2) is 0 Å². The summed E-state index contributed by atoms with van der Waals surface area (Å²) in [6, 6.07) is 0. The van der Waals surface area contributed by atoms with Gasteiger partial charge in [0.25, 0.3) is 0 Å². The van der Waals surface area contributed by atoms with E-state index in [0.717, 1.165) is 24.2 Å². The molecular weight excluding hydrogens is 252 g/mol. The first-order valence-electron chi connectivity index (χ1n) is 5.94. The minimum absolute atomic E-state index is 0.461. The molecule has 0 saturated carbocycles. The van der Waals surface area contributed by atoms with Gasteiger partial charge in [-0.1, -0.05) is 18.5 Å². The topological polar surface area (TPSA) is 55.9 Å². The normalized spacial score (nSPS) is 12.9. The third kappa shape index (κ3) is 2.28. The molecule has 1 atom stereocenters. The molecule has 0 aliphatic carbocycles. The maximum Gasteiger partial charge on any atom is 0.133 e. The van der Waals surface area contributed by atoms with E-state index in [1.165, 1.54) is 0 Å². The quantitative estimate of drug-likeness (QED) is 0.924. The highest BCUT2D eigenvalue weighted by molar-refractivity contribution is 6.30. The van der Waals surface area contributed by atoms with E-state index in [1.807, 2.05) is 17.8 Å². The van der Waals surface area contributed by atoms with Gasteiger partial charge in [-0.15, -0.1) is 0 Å². The van der Waals surface area contributed by atoms with Crippen LogP contribution in [0.25, 0.3) is 0 Å². The summed E-state index contributed by atoms with van der Waals surface area (Å²) in [5.41, 5.74) is 2.12. The SMILES string of the molecule is CCCn1cc(C(O)c2c(C)nn(C)c2Cl)cn1. The Kier molecular flexibility index (Phi) is 3.73. The third-order valence-corrected chi connectivity index (χ3v) is 3.34.